The topological polar surface area (TPSA) is 279 Å². The fourth-order valence-corrected chi connectivity index (χ4v) is 19.5. The molecule has 0 aromatic heterocycles. The van der Waals surface area contributed by atoms with Crippen molar-refractivity contribution in [3.05, 3.63) is 94.1 Å². The molecule has 10 aliphatic rings. The van der Waals surface area contributed by atoms with Gasteiger partial charge in [-0.25, -0.2) is 9.59 Å². The first-order valence-corrected chi connectivity index (χ1v) is 35.4. The normalized spacial score (nSPS) is 41.7. The van der Waals surface area contributed by atoms with Crippen molar-refractivity contribution in [3.63, 3.8) is 0 Å². The van der Waals surface area contributed by atoms with E-state index in [1.165, 1.54) is 13.8 Å². The van der Waals surface area contributed by atoms with Gasteiger partial charge in [0.2, 0.25) is 0 Å². The first-order valence-electron chi connectivity index (χ1n) is 33.6. The second-order valence-corrected chi connectivity index (χ2v) is 33.0. The van der Waals surface area contributed by atoms with Crippen molar-refractivity contribution in [3.8, 4) is 0 Å². The van der Waals surface area contributed by atoms with E-state index >= 15 is 0 Å². The molecule has 20 atom stereocenters. The molecule has 8 fully saturated rings. The lowest BCUT2D eigenvalue weighted by molar-refractivity contribution is -0.361. The molecule has 4 saturated heterocycles. The minimum absolute atomic E-state index is 0.00783. The minimum atomic E-state index is -1.80. The van der Waals surface area contributed by atoms with Crippen LogP contribution in [0.5, 0.6) is 0 Å². The average molecular weight is 1320 g/mol. The predicted octanol–water partition coefficient (Wildman–Crippen LogP) is 9.24. The highest BCUT2D eigenvalue weighted by Crippen LogP contribution is 2.70. The van der Waals surface area contributed by atoms with Gasteiger partial charge in [0.05, 0.1) is 66.7 Å². The number of hydrogen-bond donors (Lipinski definition) is 5. The van der Waals surface area contributed by atoms with Gasteiger partial charge in [0, 0.05) is 41.9 Å². The molecule has 21 heteroatoms. The van der Waals surface area contributed by atoms with E-state index in [0.29, 0.717) is 23.1 Å². The summed E-state index contributed by atoms with van der Waals surface area (Å²) in [5.41, 5.74) is -6.86. The summed E-state index contributed by atoms with van der Waals surface area (Å²) in [6.45, 7) is 31.5. The lowest BCUT2D eigenvalue weighted by atomic mass is 9.43. The van der Waals surface area contributed by atoms with Gasteiger partial charge in [-0.1, -0.05) is 105 Å². The van der Waals surface area contributed by atoms with Crippen LogP contribution in [0.4, 0.5) is 0 Å². The van der Waals surface area contributed by atoms with Crippen molar-refractivity contribution in [2.45, 2.75) is 276 Å². The number of esters is 4. The van der Waals surface area contributed by atoms with E-state index in [1.807, 2.05) is 82.2 Å². The monoisotopic (exact) mass is 1310 g/mol. The van der Waals surface area contributed by atoms with Gasteiger partial charge in [-0.15, -0.1) is 0 Å². The van der Waals surface area contributed by atoms with Crippen LogP contribution in [0, 0.1) is 39.4 Å². The van der Waals surface area contributed by atoms with Crippen LogP contribution < -0.4 is 0 Å². The molecule has 0 amide bonds. The lowest BCUT2D eigenvalue weighted by Crippen LogP contribution is -2.81. The third-order valence-electron chi connectivity index (χ3n) is 24.0. The Hall–Kier alpha value is -4.62. The Balaban J connectivity index is 0.000000187. The summed E-state index contributed by atoms with van der Waals surface area (Å²) in [5.74, 6) is -6.08. The fourth-order valence-electron chi connectivity index (χ4n) is 19.0. The second-order valence-electron chi connectivity index (χ2n) is 30.5. The van der Waals surface area contributed by atoms with Gasteiger partial charge < -0.3 is 77.4 Å². The van der Waals surface area contributed by atoms with Crippen molar-refractivity contribution in [2.75, 3.05) is 13.2 Å². The van der Waals surface area contributed by atoms with Gasteiger partial charge in [-0.3, -0.25) is 9.59 Å². The van der Waals surface area contributed by atoms with Crippen LogP contribution in [0.25, 0.3) is 0 Å². The first kappa shape index (κ1) is 71.2. The molecule has 514 valence electrons. The molecular weight excluding hydrogens is 1210 g/mol. The van der Waals surface area contributed by atoms with Crippen LogP contribution in [-0.2, 0) is 61.4 Å². The highest BCUT2D eigenvalue weighted by atomic mass is 28.3. The zero-order valence-corrected chi connectivity index (χ0v) is 58.5. The first-order chi connectivity index (χ1) is 43.3. The maximum absolute atomic E-state index is 14.0. The minimum Gasteiger partial charge on any atom is -0.455 e. The van der Waals surface area contributed by atoms with Crippen molar-refractivity contribution >= 4 is 32.6 Å². The summed E-state index contributed by atoms with van der Waals surface area (Å²) in [7, 11) is -1.12. The molecule has 2 aromatic carbocycles. The fraction of sp³-hybridized carbons (Fsp3) is 0.722. The number of fused-ring (bicyclic) bond motifs is 16. The molecule has 0 radical (unpaired) electrons. The quantitative estimate of drug-likeness (QED) is 0.0677. The summed E-state index contributed by atoms with van der Waals surface area (Å²) in [6, 6.07) is 19.0. The Bertz CT molecular complexity index is 3250. The molecule has 5 N–H and O–H groups in total. The number of rotatable bonds is 9. The van der Waals surface area contributed by atoms with E-state index in [-0.39, 0.29) is 56.8 Å². The van der Waals surface area contributed by atoms with Crippen LogP contribution in [0.1, 0.15) is 183 Å². The maximum atomic E-state index is 14.0. The molecule has 0 unspecified atom stereocenters. The Kier molecular flexibility index (Phi) is 19.2. The highest BCUT2D eigenvalue weighted by Gasteiger charge is 2.81. The Morgan fingerprint density at radius 2 is 0.935 bits per heavy atom. The molecule has 20 nitrogen and oxygen atoms in total. The van der Waals surface area contributed by atoms with Crippen molar-refractivity contribution in [1.82, 2.24) is 0 Å². The summed E-state index contributed by atoms with van der Waals surface area (Å²) in [4.78, 5) is 53.6. The van der Waals surface area contributed by atoms with Gasteiger partial charge in [-0.05, 0) is 138 Å². The van der Waals surface area contributed by atoms with E-state index in [0.717, 1.165) is 29.7 Å². The smallest absolute Gasteiger partial charge is 0.338 e. The van der Waals surface area contributed by atoms with Gasteiger partial charge in [0.1, 0.15) is 47.8 Å². The number of aliphatic hydroxyl groups excluding tert-OH is 3. The molecular formula is C72H102O20Si. The van der Waals surface area contributed by atoms with Crippen LogP contribution in [-0.4, -0.2) is 172 Å². The van der Waals surface area contributed by atoms with Crippen molar-refractivity contribution < 1.29 is 96.5 Å². The number of carbonyl (C=O) groups is 4. The van der Waals surface area contributed by atoms with Crippen LogP contribution in [0.15, 0.2) is 83.0 Å². The summed E-state index contributed by atoms with van der Waals surface area (Å²) in [5, 5.41) is 61.4. The Morgan fingerprint density at radius 1 is 0.559 bits per heavy atom. The SMILES string of the molecule is CC(=O)O[C@@]12CO[C@@H]1C[C@H](O)[C@@]1(C)[C@@H]3OC(C)(C)O[C@@H]3C3=C(C)[C@@H](O)CC[C@@](O)([C@@H](OC(=O)c4ccccc4)[C@H]21)C3(C)C.CC[C@H]1C[C@H]2OC[C@@]2(OC(C)=O)[C@H]2[C@H](OC(=O)c3ccccc3)[C@]3(O)CC[C@H](O)C(C)=C([C@H]4OC(C)(C)O[C@H]4[C@]12C)C3(C)C.CC[Si](=O)CC. The summed E-state index contributed by atoms with van der Waals surface area (Å²) in [6.07, 6.45) is -7.10. The molecule has 4 heterocycles. The average Bonchev–Trinajstić information content (AvgIpc) is 1.66. The van der Waals surface area contributed by atoms with E-state index < -0.39 is 167 Å². The third-order valence-corrected chi connectivity index (χ3v) is 25.5. The maximum Gasteiger partial charge on any atom is 0.338 e. The predicted molar refractivity (Wildman–Crippen MR) is 340 cm³/mol. The molecule has 6 aliphatic carbocycles. The van der Waals surface area contributed by atoms with E-state index in [2.05, 4.69) is 13.8 Å². The summed E-state index contributed by atoms with van der Waals surface area (Å²) < 4.78 is 74.9. The largest absolute Gasteiger partial charge is 0.455 e. The number of benzene rings is 2. The molecule has 4 saturated carbocycles. The molecule has 93 heavy (non-hydrogen) atoms. The van der Waals surface area contributed by atoms with Crippen LogP contribution in [0.2, 0.25) is 12.1 Å². The Morgan fingerprint density at radius 3 is 1.28 bits per heavy atom. The van der Waals surface area contributed by atoms with E-state index in [4.69, 9.17) is 47.4 Å². The standard InChI is InChI=1S/C35H48O9.C33H44O10.C4H10OSi/c1-9-22-17-24-34(18-40-24,42-20(3)36)27-29(41-30(38)21-13-11-10-12-14-21)35(39)16-15-23(37)19(2)25(31(35,4)5)26-28(33(22,27)8)44-32(6,7)43-26;1-17-20(35)13-14-33(38)27(40-28(37)19-11-9-8-10-12-19)25-31(7,21(36)15-22-32(25,16-39-22)41-18(2)34)26-24(23(17)29(33,3)4)42-30(5,6)43-26;1-3-6(5)4-2/h10-14,22-24,26-29,37,39H,9,15-18H2,1-8H3;8-12,20-22,24-27,35-36,38H,13-16H2,1-7H3;3-4H2,1-2H3/t22-,23-,24+,26+,27-,28+,29-,33+,34-,35+;20-,21-,22+,24+,25-,26+,27-,31+,32-,33+;/m00./s1. The molecule has 4 aliphatic heterocycles. The van der Waals surface area contributed by atoms with Crippen LogP contribution >= 0.6 is 0 Å². The number of carbonyl (C=O) groups excluding carboxylic acids is 4. The third kappa shape index (κ3) is 11.3. The van der Waals surface area contributed by atoms with Gasteiger partial charge in [-0.2, -0.15) is 0 Å². The molecule has 4 bridgehead atoms. The van der Waals surface area contributed by atoms with Gasteiger partial charge in [0.25, 0.3) is 8.68 Å². The number of aliphatic hydroxyl groups is 5. The van der Waals surface area contributed by atoms with Crippen molar-refractivity contribution in [1.29, 1.82) is 0 Å². The highest BCUT2D eigenvalue weighted by molar-refractivity contribution is 6.42. The molecule has 12 rings (SSSR count). The van der Waals surface area contributed by atoms with E-state index in [1.54, 1.807) is 68.4 Å². The molecule has 2 aromatic rings. The van der Waals surface area contributed by atoms with Gasteiger partial charge >= 0.3 is 23.9 Å². The zero-order valence-electron chi connectivity index (χ0n) is 57.5. The summed E-state index contributed by atoms with van der Waals surface area (Å²) >= 11 is 0. The lowest BCUT2D eigenvalue weighted by Gasteiger charge is -2.69. The van der Waals surface area contributed by atoms with Crippen molar-refractivity contribution in [2.24, 2.45) is 39.4 Å². The van der Waals surface area contributed by atoms with Gasteiger partial charge in [0.15, 0.2) is 22.8 Å². The number of ether oxygens (including phenoxy) is 10. The second kappa shape index (κ2) is 25.0. The number of hydrogen-bond acceptors (Lipinski definition) is 20. The molecule has 0 spiro atoms. The zero-order chi connectivity index (χ0) is 68.4. The Labute approximate surface area is 549 Å². The van der Waals surface area contributed by atoms with Crippen LogP contribution in [0.3, 0.4) is 0 Å². The van der Waals surface area contributed by atoms with E-state index in [9.17, 15) is 49.2 Å².